The van der Waals surface area contributed by atoms with E-state index >= 15 is 0 Å². The monoisotopic (exact) mass is 277 g/mol. The molecule has 2 aliphatic rings. The van der Waals surface area contributed by atoms with Gasteiger partial charge in [-0.1, -0.05) is 0 Å². The highest BCUT2D eigenvalue weighted by atomic mass is 16.1. The number of amides is 1. The third kappa shape index (κ3) is 3.37. The van der Waals surface area contributed by atoms with Crippen molar-refractivity contribution in [3.05, 3.63) is 18.5 Å². The molecule has 2 saturated heterocycles. The molecule has 1 amide bonds. The van der Waals surface area contributed by atoms with Crippen molar-refractivity contribution in [2.24, 2.45) is 0 Å². The zero-order valence-corrected chi connectivity index (χ0v) is 11.9. The Morgan fingerprint density at radius 3 is 3.00 bits per heavy atom. The number of hydrogen-bond acceptors (Lipinski definition) is 4. The predicted octanol–water partition coefficient (Wildman–Crippen LogP) is -0.0482. The SMILES string of the molecule is O=C1CCN(CCN2CCC(n3cccn3)C2)CCN1. The van der Waals surface area contributed by atoms with Crippen LogP contribution in [0.3, 0.4) is 0 Å². The van der Waals surface area contributed by atoms with Gasteiger partial charge in [0.2, 0.25) is 5.91 Å². The maximum absolute atomic E-state index is 11.3. The topological polar surface area (TPSA) is 53.4 Å². The molecule has 0 spiro atoms. The number of nitrogens with zero attached hydrogens (tertiary/aromatic N) is 4. The molecule has 1 aromatic heterocycles. The molecule has 2 aliphatic heterocycles. The summed E-state index contributed by atoms with van der Waals surface area (Å²) in [6.45, 7) is 7.04. The molecule has 6 heteroatoms. The lowest BCUT2D eigenvalue weighted by Crippen LogP contribution is -2.36. The van der Waals surface area contributed by atoms with Gasteiger partial charge in [0.25, 0.3) is 0 Å². The van der Waals surface area contributed by atoms with Crippen LogP contribution in [0.25, 0.3) is 0 Å². The van der Waals surface area contributed by atoms with Crippen molar-refractivity contribution in [2.45, 2.75) is 18.9 Å². The van der Waals surface area contributed by atoms with Crippen LogP contribution in [-0.4, -0.2) is 71.3 Å². The summed E-state index contributed by atoms with van der Waals surface area (Å²) in [6.07, 6.45) is 5.72. The van der Waals surface area contributed by atoms with Crippen molar-refractivity contribution < 1.29 is 4.79 Å². The highest BCUT2D eigenvalue weighted by Gasteiger charge is 2.24. The second kappa shape index (κ2) is 6.37. The van der Waals surface area contributed by atoms with Crippen LogP contribution < -0.4 is 5.32 Å². The summed E-state index contributed by atoms with van der Waals surface area (Å²) in [6, 6.07) is 2.52. The van der Waals surface area contributed by atoms with E-state index < -0.39 is 0 Å². The van der Waals surface area contributed by atoms with Gasteiger partial charge >= 0.3 is 0 Å². The molecule has 1 unspecified atom stereocenters. The van der Waals surface area contributed by atoms with Crippen LogP contribution in [0.2, 0.25) is 0 Å². The lowest BCUT2D eigenvalue weighted by molar-refractivity contribution is -0.120. The minimum absolute atomic E-state index is 0.187. The van der Waals surface area contributed by atoms with Crippen LogP contribution in [0.1, 0.15) is 18.9 Å². The first-order valence-electron chi connectivity index (χ1n) is 7.52. The Hall–Kier alpha value is -1.40. The Balaban J connectivity index is 1.42. The van der Waals surface area contributed by atoms with Crippen LogP contribution in [0.5, 0.6) is 0 Å². The average molecular weight is 277 g/mol. The molecule has 20 heavy (non-hydrogen) atoms. The standard InChI is InChI=1S/C14H23N5O/c20-14-3-8-17(9-5-15-14)10-11-18-7-2-13(12-18)19-6-1-4-16-19/h1,4,6,13H,2-3,5,7-12H2,(H,15,20). The summed E-state index contributed by atoms with van der Waals surface area (Å²) in [5.74, 6) is 0.187. The fourth-order valence-corrected chi connectivity index (χ4v) is 3.05. The van der Waals surface area contributed by atoms with E-state index in [1.165, 1.54) is 6.42 Å². The normalized spacial score (nSPS) is 25.6. The third-order valence-corrected chi connectivity index (χ3v) is 4.28. The summed E-state index contributed by atoms with van der Waals surface area (Å²) in [5, 5.41) is 7.26. The molecule has 0 saturated carbocycles. The minimum atomic E-state index is 0.187. The van der Waals surface area contributed by atoms with Crippen LogP contribution >= 0.6 is 0 Å². The van der Waals surface area contributed by atoms with E-state index in [4.69, 9.17) is 0 Å². The van der Waals surface area contributed by atoms with Crippen molar-refractivity contribution in [2.75, 3.05) is 45.8 Å². The summed E-state index contributed by atoms with van der Waals surface area (Å²) in [5.41, 5.74) is 0. The highest BCUT2D eigenvalue weighted by molar-refractivity contribution is 5.76. The van der Waals surface area contributed by atoms with Crippen LogP contribution in [0.4, 0.5) is 0 Å². The van der Waals surface area contributed by atoms with Crippen molar-refractivity contribution in [1.29, 1.82) is 0 Å². The summed E-state index contributed by atoms with van der Waals surface area (Å²) >= 11 is 0. The minimum Gasteiger partial charge on any atom is -0.355 e. The van der Waals surface area contributed by atoms with Gasteiger partial charge in [0.1, 0.15) is 0 Å². The van der Waals surface area contributed by atoms with Crippen molar-refractivity contribution in [1.82, 2.24) is 24.9 Å². The smallest absolute Gasteiger partial charge is 0.221 e. The van der Waals surface area contributed by atoms with Gasteiger partial charge in [0, 0.05) is 64.6 Å². The average Bonchev–Trinajstić information content (AvgIpc) is 3.08. The Morgan fingerprint density at radius 1 is 1.25 bits per heavy atom. The fraction of sp³-hybridized carbons (Fsp3) is 0.714. The zero-order chi connectivity index (χ0) is 13.8. The molecule has 3 rings (SSSR count). The first-order chi connectivity index (χ1) is 9.81. The van der Waals surface area contributed by atoms with Gasteiger partial charge < -0.3 is 5.32 Å². The third-order valence-electron chi connectivity index (χ3n) is 4.28. The molecule has 0 aromatic carbocycles. The Labute approximate surface area is 119 Å². The lowest BCUT2D eigenvalue weighted by atomic mass is 10.3. The molecule has 1 aromatic rings. The van der Waals surface area contributed by atoms with Gasteiger partial charge in [-0.2, -0.15) is 5.10 Å². The number of nitrogens with one attached hydrogen (secondary N) is 1. The molecule has 0 bridgehead atoms. The Morgan fingerprint density at radius 2 is 2.15 bits per heavy atom. The number of rotatable bonds is 4. The molecule has 1 N–H and O–H groups in total. The Kier molecular flexibility index (Phi) is 4.32. The van der Waals surface area contributed by atoms with Crippen molar-refractivity contribution in [3.63, 3.8) is 0 Å². The molecule has 1 atom stereocenters. The number of hydrogen-bond donors (Lipinski definition) is 1. The van der Waals surface area contributed by atoms with E-state index in [-0.39, 0.29) is 5.91 Å². The summed E-state index contributed by atoms with van der Waals surface area (Å²) < 4.78 is 2.08. The lowest BCUT2D eigenvalue weighted by Gasteiger charge is -2.23. The molecule has 0 aliphatic carbocycles. The quantitative estimate of drug-likeness (QED) is 0.838. The molecule has 2 fully saturated rings. The number of likely N-dealkylation sites (tertiary alicyclic amines) is 1. The van der Waals surface area contributed by atoms with E-state index in [0.29, 0.717) is 12.5 Å². The molecule has 0 radical (unpaired) electrons. The second-order valence-electron chi connectivity index (χ2n) is 5.67. The predicted molar refractivity (Wildman–Crippen MR) is 76.4 cm³/mol. The molecule has 110 valence electrons. The fourth-order valence-electron chi connectivity index (χ4n) is 3.05. The molecule has 3 heterocycles. The van der Waals surface area contributed by atoms with E-state index in [1.807, 2.05) is 12.3 Å². The Bertz CT molecular complexity index is 433. The van der Waals surface area contributed by atoms with Crippen molar-refractivity contribution in [3.8, 4) is 0 Å². The van der Waals surface area contributed by atoms with E-state index in [2.05, 4.69) is 31.1 Å². The van der Waals surface area contributed by atoms with Gasteiger partial charge in [-0.25, -0.2) is 0 Å². The van der Waals surface area contributed by atoms with Gasteiger partial charge in [-0.05, 0) is 12.5 Å². The van der Waals surface area contributed by atoms with E-state index in [1.54, 1.807) is 0 Å². The highest BCUT2D eigenvalue weighted by Crippen LogP contribution is 2.20. The molecule has 6 nitrogen and oxygen atoms in total. The number of carbonyl (C=O) groups excluding carboxylic acids is 1. The first-order valence-corrected chi connectivity index (χ1v) is 7.52. The number of carbonyl (C=O) groups is 1. The summed E-state index contributed by atoms with van der Waals surface area (Å²) in [4.78, 5) is 16.2. The van der Waals surface area contributed by atoms with Gasteiger partial charge in [-0.3, -0.25) is 19.3 Å². The molecular weight excluding hydrogens is 254 g/mol. The first kappa shape index (κ1) is 13.6. The van der Waals surface area contributed by atoms with Gasteiger partial charge in [0.15, 0.2) is 0 Å². The second-order valence-corrected chi connectivity index (χ2v) is 5.67. The van der Waals surface area contributed by atoms with Crippen molar-refractivity contribution >= 4 is 5.91 Å². The largest absolute Gasteiger partial charge is 0.355 e. The zero-order valence-electron chi connectivity index (χ0n) is 11.9. The van der Waals surface area contributed by atoms with E-state index in [0.717, 1.165) is 45.8 Å². The van der Waals surface area contributed by atoms with Gasteiger partial charge in [-0.15, -0.1) is 0 Å². The van der Waals surface area contributed by atoms with Crippen LogP contribution in [0, 0.1) is 0 Å². The van der Waals surface area contributed by atoms with E-state index in [9.17, 15) is 4.79 Å². The van der Waals surface area contributed by atoms with Crippen LogP contribution in [-0.2, 0) is 4.79 Å². The summed E-state index contributed by atoms with van der Waals surface area (Å²) in [7, 11) is 0. The van der Waals surface area contributed by atoms with Crippen LogP contribution in [0.15, 0.2) is 18.5 Å². The molecular formula is C14H23N5O. The maximum Gasteiger partial charge on any atom is 0.221 e. The number of aromatic nitrogens is 2. The maximum atomic E-state index is 11.3. The van der Waals surface area contributed by atoms with Gasteiger partial charge in [0.05, 0.1) is 6.04 Å².